The van der Waals surface area contributed by atoms with Crippen molar-refractivity contribution in [3.63, 3.8) is 0 Å². The topological polar surface area (TPSA) is 72.2 Å². The largest absolute Gasteiger partial charge is 0.338 e. The van der Waals surface area contributed by atoms with Gasteiger partial charge in [0.1, 0.15) is 5.56 Å². The number of piperidine rings is 1. The number of hydrogen-bond acceptors (Lipinski definition) is 3. The molecule has 1 fully saturated rings. The number of likely N-dealkylation sites (tertiary alicyclic amines) is 1. The van der Waals surface area contributed by atoms with Crippen LogP contribution in [0.25, 0.3) is 11.5 Å². The number of aromatic nitrogens is 3. The van der Waals surface area contributed by atoms with E-state index in [1.807, 2.05) is 78.5 Å². The number of carbonyl (C=O) groups is 2. The highest BCUT2D eigenvalue weighted by atomic mass is 35.5. The molecule has 0 bridgehead atoms. The quantitative estimate of drug-likeness (QED) is 0.425. The lowest BCUT2D eigenvalue weighted by atomic mass is 9.96. The number of amides is 2. The fraction of sp³-hybridized carbons (Fsp3) is 0.222. The molecule has 7 nitrogen and oxygen atoms in total. The van der Waals surface area contributed by atoms with Crippen molar-refractivity contribution in [2.24, 2.45) is 5.92 Å². The van der Waals surface area contributed by atoms with Crippen molar-refractivity contribution < 1.29 is 9.59 Å². The van der Waals surface area contributed by atoms with E-state index in [1.54, 1.807) is 21.8 Å². The van der Waals surface area contributed by atoms with Crippen LogP contribution in [0.4, 0.5) is 5.69 Å². The van der Waals surface area contributed by atoms with Crippen LogP contribution in [0.1, 0.15) is 28.8 Å². The molecular formula is C27H26ClN5O2. The van der Waals surface area contributed by atoms with E-state index < -0.39 is 0 Å². The molecule has 0 unspecified atom stereocenters. The van der Waals surface area contributed by atoms with E-state index in [4.69, 9.17) is 11.6 Å². The molecule has 0 spiro atoms. The summed E-state index contributed by atoms with van der Waals surface area (Å²) in [6.07, 6.45) is 6.89. The lowest BCUT2D eigenvalue weighted by molar-refractivity contribution is -0.121. The number of benzene rings is 2. The molecule has 1 atom stereocenters. The van der Waals surface area contributed by atoms with Gasteiger partial charge in [0.25, 0.3) is 5.91 Å². The maximum atomic E-state index is 13.7. The van der Waals surface area contributed by atoms with Crippen LogP contribution < -0.4 is 5.32 Å². The highest BCUT2D eigenvalue weighted by Gasteiger charge is 2.31. The molecule has 1 N–H and O–H groups in total. The van der Waals surface area contributed by atoms with Gasteiger partial charge in [0.2, 0.25) is 5.91 Å². The Bertz CT molecular complexity index is 1350. The second kappa shape index (κ2) is 9.80. The molecule has 8 heteroatoms. The van der Waals surface area contributed by atoms with Gasteiger partial charge in [-0.15, -0.1) is 0 Å². The highest BCUT2D eigenvalue weighted by molar-refractivity contribution is 6.31. The predicted molar refractivity (Wildman–Crippen MR) is 136 cm³/mol. The summed E-state index contributed by atoms with van der Waals surface area (Å²) in [5.74, 6) is 0.142. The third-order valence-electron chi connectivity index (χ3n) is 6.43. The fourth-order valence-electron chi connectivity index (χ4n) is 4.50. The fourth-order valence-corrected chi connectivity index (χ4v) is 4.67. The number of anilines is 1. The maximum Gasteiger partial charge on any atom is 0.259 e. The van der Waals surface area contributed by atoms with Crippen molar-refractivity contribution in [1.82, 2.24) is 19.2 Å². The molecule has 3 heterocycles. The SMILES string of the molecule is Cc1c(Cl)cccc1NC(=O)[C@@H]1CCCN(C(=O)c2cnn(-c3ccccc3)c2-n2cccc2)C1. The molecular weight excluding hydrogens is 462 g/mol. The van der Waals surface area contributed by atoms with Gasteiger partial charge in [0.05, 0.1) is 17.8 Å². The van der Waals surface area contributed by atoms with Crippen molar-refractivity contribution in [3.05, 3.63) is 95.4 Å². The van der Waals surface area contributed by atoms with Crippen molar-refractivity contribution >= 4 is 29.1 Å². The summed E-state index contributed by atoms with van der Waals surface area (Å²) in [7, 11) is 0. The predicted octanol–water partition coefficient (Wildman–Crippen LogP) is 5.12. The highest BCUT2D eigenvalue weighted by Crippen LogP contribution is 2.27. The standard InChI is InChI=1S/C27H26ClN5O2/c1-19-23(28)12-7-13-24(19)30-25(34)20-9-8-16-32(18-20)27(35)22-17-29-33(21-10-3-2-4-11-21)26(22)31-14-5-6-15-31/h2-7,10-15,17,20H,8-9,16,18H2,1H3,(H,30,34)/t20-/m1/s1. The average Bonchev–Trinajstić information content (AvgIpc) is 3.57. The van der Waals surface area contributed by atoms with Crippen LogP contribution in [0.5, 0.6) is 0 Å². The van der Waals surface area contributed by atoms with Gasteiger partial charge in [0.15, 0.2) is 5.82 Å². The molecule has 178 valence electrons. The van der Waals surface area contributed by atoms with Gasteiger partial charge in [-0.3, -0.25) is 9.59 Å². The molecule has 4 aromatic rings. The summed E-state index contributed by atoms with van der Waals surface area (Å²) in [5.41, 5.74) is 2.89. The smallest absolute Gasteiger partial charge is 0.259 e. The summed E-state index contributed by atoms with van der Waals surface area (Å²) >= 11 is 6.20. The number of hydrogen-bond donors (Lipinski definition) is 1. The molecule has 0 radical (unpaired) electrons. The average molecular weight is 488 g/mol. The summed E-state index contributed by atoms with van der Waals surface area (Å²) in [4.78, 5) is 28.5. The molecule has 1 aliphatic rings. The van der Waals surface area contributed by atoms with Gasteiger partial charge in [0, 0.05) is 36.2 Å². The Morgan fingerprint density at radius 2 is 1.80 bits per heavy atom. The van der Waals surface area contributed by atoms with Crippen molar-refractivity contribution in [2.75, 3.05) is 18.4 Å². The number of carbonyl (C=O) groups excluding carboxylic acids is 2. The van der Waals surface area contributed by atoms with Gasteiger partial charge in [-0.25, -0.2) is 4.68 Å². The molecule has 2 aromatic heterocycles. The summed E-state index contributed by atoms with van der Waals surface area (Å²) in [6.45, 7) is 2.83. The zero-order valence-corrected chi connectivity index (χ0v) is 20.2. The molecule has 1 saturated heterocycles. The summed E-state index contributed by atoms with van der Waals surface area (Å²) in [6, 6.07) is 19.0. The molecule has 5 rings (SSSR count). The Kier molecular flexibility index (Phi) is 6.42. The zero-order valence-electron chi connectivity index (χ0n) is 19.4. The molecule has 2 aromatic carbocycles. The molecule has 1 aliphatic heterocycles. The Labute approximate surface area is 208 Å². The van der Waals surface area contributed by atoms with Crippen molar-refractivity contribution in [3.8, 4) is 11.5 Å². The normalized spacial score (nSPS) is 15.7. The van der Waals surface area contributed by atoms with Crippen LogP contribution in [-0.4, -0.2) is 44.2 Å². The minimum Gasteiger partial charge on any atom is -0.338 e. The van der Waals surface area contributed by atoms with E-state index in [0.29, 0.717) is 35.2 Å². The third kappa shape index (κ3) is 4.59. The van der Waals surface area contributed by atoms with E-state index >= 15 is 0 Å². The van der Waals surface area contributed by atoms with E-state index in [1.165, 1.54) is 0 Å². The van der Waals surface area contributed by atoms with Gasteiger partial charge in [-0.05, 0) is 61.7 Å². The number of para-hydroxylation sites is 1. The van der Waals surface area contributed by atoms with E-state index in [-0.39, 0.29) is 17.7 Å². The summed E-state index contributed by atoms with van der Waals surface area (Å²) < 4.78 is 3.66. The van der Waals surface area contributed by atoms with Gasteiger partial charge in [-0.1, -0.05) is 35.9 Å². The van der Waals surface area contributed by atoms with Crippen LogP contribution in [0.3, 0.4) is 0 Å². The van der Waals surface area contributed by atoms with Crippen molar-refractivity contribution in [2.45, 2.75) is 19.8 Å². The van der Waals surface area contributed by atoms with Gasteiger partial charge < -0.3 is 14.8 Å². The first kappa shape index (κ1) is 22.9. The Morgan fingerprint density at radius 3 is 2.57 bits per heavy atom. The Balaban J connectivity index is 1.39. The number of nitrogens with zero attached hydrogens (tertiary/aromatic N) is 4. The lowest BCUT2D eigenvalue weighted by Crippen LogP contribution is -2.44. The van der Waals surface area contributed by atoms with E-state index in [9.17, 15) is 9.59 Å². The third-order valence-corrected chi connectivity index (χ3v) is 6.84. The zero-order chi connectivity index (χ0) is 24.4. The minimum absolute atomic E-state index is 0.0986. The first-order valence-corrected chi connectivity index (χ1v) is 12.0. The number of halogens is 1. The van der Waals surface area contributed by atoms with Gasteiger partial charge >= 0.3 is 0 Å². The van der Waals surface area contributed by atoms with Crippen LogP contribution >= 0.6 is 11.6 Å². The van der Waals surface area contributed by atoms with Crippen LogP contribution in [-0.2, 0) is 4.79 Å². The molecule has 0 saturated carbocycles. The maximum absolute atomic E-state index is 13.7. The Hall–Kier alpha value is -3.84. The van der Waals surface area contributed by atoms with Crippen molar-refractivity contribution in [1.29, 1.82) is 0 Å². The van der Waals surface area contributed by atoms with Crippen LogP contribution in [0, 0.1) is 12.8 Å². The van der Waals surface area contributed by atoms with Gasteiger partial charge in [-0.2, -0.15) is 5.10 Å². The molecule has 35 heavy (non-hydrogen) atoms. The Morgan fingerprint density at radius 1 is 1.03 bits per heavy atom. The lowest BCUT2D eigenvalue weighted by Gasteiger charge is -2.32. The van der Waals surface area contributed by atoms with Crippen LogP contribution in [0.15, 0.2) is 79.3 Å². The molecule has 0 aliphatic carbocycles. The van der Waals surface area contributed by atoms with E-state index in [2.05, 4.69) is 10.4 Å². The monoisotopic (exact) mass is 487 g/mol. The number of rotatable bonds is 5. The second-order valence-electron chi connectivity index (χ2n) is 8.71. The first-order chi connectivity index (χ1) is 17.0. The molecule has 2 amide bonds. The number of nitrogens with one attached hydrogen (secondary N) is 1. The second-order valence-corrected chi connectivity index (χ2v) is 9.12. The minimum atomic E-state index is -0.301. The van der Waals surface area contributed by atoms with Crippen LogP contribution in [0.2, 0.25) is 5.02 Å². The summed E-state index contributed by atoms with van der Waals surface area (Å²) in [5, 5.41) is 8.15. The first-order valence-electron chi connectivity index (χ1n) is 11.6. The van der Waals surface area contributed by atoms with E-state index in [0.717, 1.165) is 24.1 Å².